The molecule has 2 aromatic heterocycles. The third kappa shape index (κ3) is 9.35. The molecule has 3 atom stereocenters. The summed E-state index contributed by atoms with van der Waals surface area (Å²) in [5, 5.41) is 4.57. The fourth-order valence-electron chi connectivity index (χ4n) is 6.31. The first-order chi connectivity index (χ1) is 22.1. The summed E-state index contributed by atoms with van der Waals surface area (Å²) >= 11 is -1.58. The first-order valence-electron chi connectivity index (χ1n) is 16.2. The van der Waals surface area contributed by atoms with E-state index in [4.69, 9.17) is 14.5 Å². The fraction of sp³-hybridized carbons (Fsp3) is 0.459. The van der Waals surface area contributed by atoms with Crippen molar-refractivity contribution in [2.45, 2.75) is 97.6 Å². The van der Waals surface area contributed by atoms with Crippen molar-refractivity contribution in [1.82, 2.24) is 19.7 Å². The summed E-state index contributed by atoms with van der Waals surface area (Å²) in [4.78, 5) is 22.8. The Morgan fingerprint density at radius 2 is 1.79 bits per heavy atom. The number of esters is 1. The smallest absolute Gasteiger partial charge is 0.328 e. The largest absolute Gasteiger partial charge is 0.588 e. The minimum Gasteiger partial charge on any atom is -0.588 e. The van der Waals surface area contributed by atoms with Gasteiger partial charge in [-0.25, -0.2) is 4.98 Å². The third-order valence-corrected chi connectivity index (χ3v) is 9.21. The van der Waals surface area contributed by atoms with Gasteiger partial charge in [0, 0.05) is 23.7 Å². The molecule has 250 valence electrons. The van der Waals surface area contributed by atoms with Crippen LogP contribution in [0, 0.1) is 25.2 Å². The molecule has 0 saturated carbocycles. The lowest BCUT2D eigenvalue weighted by atomic mass is 9.75. The third-order valence-electron chi connectivity index (χ3n) is 8.16. The maximum Gasteiger partial charge on any atom is 0.328 e. The molecule has 1 aliphatic rings. The molecule has 1 N–H and O–H groups in total. The van der Waals surface area contributed by atoms with Gasteiger partial charge in [0.1, 0.15) is 23.5 Å². The number of nitrogens with one attached hydrogen (secondary N) is 1. The molecule has 4 bridgehead atoms. The predicted octanol–water partition coefficient (Wildman–Crippen LogP) is 7.59. The van der Waals surface area contributed by atoms with E-state index >= 15 is 0 Å². The second kappa shape index (κ2) is 14.1. The van der Waals surface area contributed by atoms with Gasteiger partial charge >= 0.3 is 5.97 Å². The van der Waals surface area contributed by atoms with E-state index in [1.165, 1.54) is 0 Å². The molecule has 0 saturated heterocycles. The second-order valence-corrected chi connectivity index (χ2v) is 16.0. The zero-order valence-electron chi connectivity index (χ0n) is 28.8. The van der Waals surface area contributed by atoms with Crippen molar-refractivity contribution < 1.29 is 18.8 Å². The van der Waals surface area contributed by atoms with Crippen LogP contribution in [0.1, 0.15) is 82.6 Å². The van der Waals surface area contributed by atoms with Crippen molar-refractivity contribution in [1.29, 1.82) is 0 Å². The van der Waals surface area contributed by atoms with Crippen LogP contribution in [0.2, 0.25) is 0 Å². The highest BCUT2D eigenvalue weighted by Crippen LogP contribution is 2.38. The Balaban J connectivity index is 1.56. The van der Waals surface area contributed by atoms with Gasteiger partial charge in [-0.1, -0.05) is 51.1 Å². The Bertz CT molecular complexity index is 1690. The van der Waals surface area contributed by atoms with Crippen molar-refractivity contribution in [3.8, 4) is 17.1 Å². The second-order valence-electron chi connectivity index (χ2n) is 14.7. The molecule has 2 aromatic carbocycles. The summed E-state index contributed by atoms with van der Waals surface area (Å²) < 4.78 is 30.3. The summed E-state index contributed by atoms with van der Waals surface area (Å²) in [7, 11) is 0. The van der Waals surface area contributed by atoms with E-state index < -0.39 is 17.0 Å². The van der Waals surface area contributed by atoms with Crippen LogP contribution in [0.4, 0.5) is 5.95 Å². The Morgan fingerprint density at radius 1 is 1.06 bits per heavy atom. The molecule has 9 nitrogen and oxygen atoms in total. The molecule has 3 heterocycles. The van der Waals surface area contributed by atoms with Gasteiger partial charge < -0.3 is 14.0 Å². The number of anilines is 1. The highest BCUT2D eigenvalue weighted by atomic mass is 32.2. The van der Waals surface area contributed by atoms with E-state index in [2.05, 4.69) is 67.6 Å². The van der Waals surface area contributed by atoms with Gasteiger partial charge in [-0.2, -0.15) is 14.8 Å². The SMILES string of the molecule is Cc1cccc(C)c1-c1cc2nc(n1)N[S+]([O-])c1cccc(c1)CCC(c1cnn(CC(=O)OC(C)(C)C)c1)[C@H](CC(C)(C)C)CO2. The molecule has 4 aromatic rings. The summed E-state index contributed by atoms with van der Waals surface area (Å²) in [5.74, 6) is 0.501. The van der Waals surface area contributed by atoms with Crippen molar-refractivity contribution in [3.63, 3.8) is 0 Å². The Labute approximate surface area is 281 Å². The van der Waals surface area contributed by atoms with Gasteiger partial charge in [0.25, 0.3) is 5.95 Å². The molecule has 47 heavy (non-hydrogen) atoms. The van der Waals surface area contributed by atoms with Crippen LogP contribution in [0.3, 0.4) is 0 Å². The standard InChI is InChI=1S/C37H47N5O4S/c1-24-11-9-12-25(2)34(24)31-18-32-40-35(39-31)41-47(44)29-14-10-13-26(17-29)15-16-30(27(23-45-32)19-36(3,4)5)28-20-38-42(21-28)22-33(43)46-37(6,7)8/h9-14,17-18,20-21,27,30H,15-16,19,22-23H2,1-8H3,(H,39,40,41)/t27-,30?,47?/m1/s1. The average molecular weight is 658 g/mol. The highest BCUT2D eigenvalue weighted by Gasteiger charge is 2.31. The normalized spacial score (nSPS) is 18.9. The number of aromatic nitrogens is 4. The molecule has 0 radical (unpaired) electrons. The summed E-state index contributed by atoms with van der Waals surface area (Å²) in [5.41, 5.74) is 5.44. The Kier molecular flexibility index (Phi) is 10.3. The monoisotopic (exact) mass is 657 g/mol. The summed E-state index contributed by atoms with van der Waals surface area (Å²) in [6.07, 6.45) is 6.30. The van der Waals surface area contributed by atoms with Crippen LogP contribution >= 0.6 is 0 Å². The van der Waals surface area contributed by atoms with Gasteiger partial charge in [0.15, 0.2) is 4.90 Å². The lowest BCUT2D eigenvalue weighted by molar-refractivity contribution is -0.155. The Morgan fingerprint density at radius 3 is 2.49 bits per heavy atom. The number of hydrogen-bond donors (Lipinski definition) is 1. The molecular weight excluding hydrogens is 611 g/mol. The van der Waals surface area contributed by atoms with Crippen molar-refractivity contribution >= 4 is 23.3 Å². The van der Waals surface area contributed by atoms with Gasteiger partial charge in [-0.15, -0.1) is 0 Å². The first-order valence-corrected chi connectivity index (χ1v) is 17.4. The van der Waals surface area contributed by atoms with Gasteiger partial charge in [0.05, 0.1) is 18.5 Å². The highest BCUT2D eigenvalue weighted by molar-refractivity contribution is 7.92. The molecule has 10 heteroatoms. The minimum absolute atomic E-state index is 0.0167. The quantitative estimate of drug-likeness (QED) is 0.172. The number of benzene rings is 2. The number of carbonyl (C=O) groups is 1. The number of rotatable bonds is 5. The van der Waals surface area contributed by atoms with Gasteiger partial charge in [0.2, 0.25) is 5.88 Å². The van der Waals surface area contributed by atoms with Crippen LogP contribution in [0.25, 0.3) is 11.3 Å². The van der Waals surface area contributed by atoms with Crippen LogP contribution in [-0.4, -0.2) is 42.5 Å². The average Bonchev–Trinajstić information content (AvgIpc) is 3.41. The molecule has 5 rings (SSSR count). The number of aryl methyl sites for hydroxylation is 3. The molecule has 0 amide bonds. The first kappa shape index (κ1) is 34.4. The molecule has 0 aliphatic carbocycles. The van der Waals surface area contributed by atoms with E-state index in [0.717, 1.165) is 47.1 Å². The number of ether oxygens (including phenoxy) is 2. The predicted molar refractivity (Wildman–Crippen MR) is 186 cm³/mol. The zero-order chi connectivity index (χ0) is 33.9. The van der Waals surface area contributed by atoms with Crippen molar-refractivity contribution in [3.05, 3.63) is 83.2 Å². The topological polar surface area (TPSA) is 114 Å². The Hall–Kier alpha value is -3.89. The van der Waals surface area contributed by atoms with Crippen molar-refractivity contribution in [2.24, 2.45) is 11.3 Å². The van der Waals surface area contributed by atoms with Crippen LogP contribution in [0.5, 0.6) is 5.88 Å². The molecule has 2 unspecified atom stereocenters. The van der Waals surface area contributed by atoms with Gasteiger partial charge in [-0.3, -0.25) is 9.48 Å². The molecule has 1 aliphatic heterocycles. The molecular formula is C37H47N5O4S. The number of carbonyl (C=O) groups excluding carboxylic acids is 1. The zero-order valence-corrected chi connectivity index (χ0v) is 29.6. The van der Waals surface area contributed by atoms with Crippen LogP contribution in [-0.2, 0) is 33.9 Å². The fourth-order valence-corrected chi connectivity index (χ4v) is 7.14. The lowest BCUT2D eigenvalue weighted by Gasteiger charge is -2.32. The summed E-state index contributed by atoms with van der Waals surface area (Å²) in [6.45, 7) is 16.9. The molecule has 0 fully saturated rings. The maximum absolute atomic E-state index is 13.5. The van der Waals surface area contributed by atoms with E-state index in [-0.39, 0.29) is 35.7 Å². The minimum atomic E-state index is -1.58. The number of hydrogen-bond acceptors (Lipinski definition) is 8. The number of fused-ring (bicyclic) bond motifs is 4. The summed E-state index contributed by atoms with van der Waals surface area (Å²) in [6, 6.07) is 15.9. The van der Waals surface area contributed by atoms with E-state index in [1.807, 2.05) is 63.5 Å². The van der Waals surface area contributed by atoms with Gasteiger partial charge in [-0.05, 0) is 99.6 Å². The van der Waals surface area contributed by atoms with Crippen LogP contribution < -0.4 is 9.46 Å². The lowest BCUT2D eigenvalue weighted by Crippen LogP contribution is -2.27. The van der Waals surface area contributed by atoms with Crippen LogP contribution in [0.15, 0.2) is 65.8 Å². The van der Waals surface area contributed by atoms with E-state index in [9.17, 15) is 9.35 Å². The van der Waals surface area contributed by atoms with Crippen molar-refractivity contribution in [2.75, 3.05) is 11.3 Å². The maximum atomic E-state index is 13.5. The van der Waals surface area contributed by atoms with E-state index in [0.29, 0.717) is 23.1 Å². The van der Waals surface area contributed by atoms with E-state index in [1.54, 1.807) is 4.68 Å². The number of nitrogens with zero attached hydrogens (tertiary/aromatic N) is 4. The molecule has 0 spiro atoms.